The van der Waals surface area contributed by atoms with Crippen molar-refractivity contribution in [2.75, 3.05) is 0 Å². The van der Waals surface area contributed by atoms with E-state index >= 15 is 0 Å². The number of carbonyl (C=O) groups is 2. The van der Waals surface area contributed by atoms with Crippen LogP contribution in [0.25, 0.3) is 0 Å². The summed E-state index contributed by atoms with van der Waals surface area (Å²) in [6, 6.07) is 15.1. The summed E-state index contributed by atoms with van der Waals surface area (Å²) < 4.78 is 0. The van der Waals surface area contributed by atoms with Gasteiger partial charge in [0.15, 0.2) is 11.6 Å². The van der Waals surface area contributed by atoms with E-state index < -0.39 is 0 Å². The van der Waals surface area contributed by atoms with Crippen molar-refractivity contribution < 1.29 is 9.59 Å². The number of carbonyl (C=O) groups excluding carboxylic acids is 2. The summed E-state index contributed by atoms with van der Waals surface area (Å²) in [5.74, 6) is -0.229. The Labute approximate surface area is 157 Å². The summed E-state index contributed by atoms with van der Waals surface area (Å²) in [7, 11) is 0. The molecular formula is C24H30O2. The molecule has 0 saturated heterocycles. The number of ketones is 2. The highest BCUT2D eigenvalue weighted by Crippen LogP contribution is 2.14. The first-order valence-corrected chi connectivity index (χ1v) is 9.82. The normalized spacial score (nSPS) is 10.7. The molecular weight excluding hydrogens is 320 g/mol. The number of rotatable bonds is 11. The van der Waals surface area contributed by atoms with E-state index in [0.29, 0.717) is 11.1 Å². The van der Waals surface area contributed by atoms with Gasteiger partial charge >= 0.3 is 0 Å². The van der Waals surface area contributed by atoms with Crippen LogP contribution in [0.1, 0.15) is 83.7 Å². The van der Waals surface area contributed by atoms with E-state index in [1.54, 1.807) is 12.1 Å². The highest BCUT2D eigenvalue weighted by Gasteiger charge is 2.13. The summed E-state index contributed by atoms with van der Waals surface area (Å²) >= 11 is 0. The molecule has 138 valence electrons. The Morgan fingerprint density at radius 2 is 1.19 bits per heavy atom. The average molecular weight is 351 g/mol. The lowest BCUT2D eigenvalue weighted by molar-refractivity contribution is 0.0894. The third-order valence-corrected chi connectivity index (χ3v) is 4.79. The lowest BCUT2D eigenvalue weighted by Gasteiger charge is -2.05. The summed E-state index contributed by atoms with van der Waals surface area (Å²) in [6.07, 6.45) is 8.71. The molecule has 0 radical (unpaired) electrons. The van der Waals surface area contributed by atoms with Crippen molar-refractivity contribution >= 4 is 11.6 Å². The molecule has 26 heavy (non-hydrogen) atoms. The van der Waals surface area contributed by atoms with Gasteiger partial charge in [-0.15, -0.1) is 0 Å². The van der Waals surface area contributed by atoms with E-state index in [0.717, 1.165) is 12.0 Å². The molecule has 0 heterocycles. The van der Waals surface area contributed by atoms with Crippen molar-refractivity contribution in [1.82, 2.24) is 0 Å². The van der Waals surface area contributed by atoms with Crippen LogP contribution in [0.2, 0.25) is 0 Å². The zero-order valence-corrected chi connectivity index (χ0v) is 16.1. The molecule has 0 fully saturated rings. The molecule has 2 nitrogen and oxygen atoms in total. The zero-order chi connectivity index (χ0) is 18.8. The van der Waals surface area contributed by atoms with Crippen LogP contribution in [-0.4, -0.2) is 11.6 Å². The number of unbranched alkanes of at least 4 members (excludes halogenated alkanes) is 5. The fraction of sp³-hybridized carbons (Fsp3) is 0.417. The number of benzene rings is 2. The second-order valence-electron chi connectivity index (χ2n) is 7.10. The lowest BCUT2D eigenvalue weighted by atomic mass is 9.99. The van der Waals surface area contributed by atoms with E-state index in [4.69, 9.17) is 0 Å². The second kappa shape index (κ2) is 10.7. The van der Waals surface area contributed by atoms with E-state index in [1.165, 1.54) is 44.1 Å². The quantitative estimate of drug-likeness (QED) is 0.269. The third kappa shape index (κ3) is 6.59. The Bertz CT molecular complexity index is 696. The van der Waals surface area contributed by atoms with Crippen LogP contribution < -0.4 is 0 Å². The first-order chi connectivity index (χ1) is 12.6. The molecule has 0 unspecified atom stereocenters. The van der Waals surface area contributed by atoms with Gasteiger partial charge in [0.1, 0.15) is 0 Å². The third-order valence-electron chi connectivity index (χ3n) is 4.79. The van der Waals surface area contributed by atoms with Crippen LogP contribution in [0, 0.1) is 6.92 Å². The Morgan fingerprint density at radius 1 is 0.692 bits per heavy atom. The van der Waals surface area contributed by atoms with Crippen LogP contribution in [0.5, 0.6) is 0 Å². The first-order valence-electron chi connectivity index (χ1n) is 9.82. The fourth-order valence-corrected chi connectivity index (χ4v) is 3.06. The predicted molar refractivity (Wildman–Crippen MR) is 108 cm³/mol. The number of Topliss-reactive ketones (excluding diaryl/α,β-unsaturated/α-hetero) is 2. The maximum Gasteiger partial charge on any atom is 0.170 e. The Kier molecular flexibility index (Phi) is 8.27. The van der Waals surface area contributed by atoms with E-state index in [2.05, 4.69) is 6.92 Å². The van der Waals surface area contributed by atoms with Gasteiger partial charge < -0.3 is 0 Å². The van der Waals surface area contributed by atoms with Gasteiger partial charge in [0, 0.05) is 11.1 Å². The molecule has 0 saturated carbocycles. The second-order valence-corrected chi connectivity index (χ2v) is 7.10. The molecule has 0 bridgehead atoms. The maximum absolute atomic E-state index is 12.3. The molecule has 2 rings (SSSR count). The van der Waals surface area contributed by atoms with Crippen molar-refractivity contribution in [3.63, 3.8) is 0 Å². The topological polar surface area (TPSA) is 34.1 Å². The Morgan fingerprint density at radius 3 is 1.77 bits per heavy atom. The fourth-order valence-electron chi connectivity index (χ4n) is 3.06. The monoisotopic (exact) mass is 350 g/mol. The smallest absolute Gasteiger partial charge is 0.170 e. The van der Waals surface area contributed by atoms with Crippen LogP contribution in [-0.2, 0) is 6.42 Å². The van der Waals surface area contributed by atoms with Crippen LogP contribution >= 0.6 is 0 Å². The van der Waals surface area contributed by atoms with Gasteiger partial charge in [-0.1, -0.05) is 93.1 Å². The Hall–Kier alpha value is -2.22. The number of hydrogen-bond acceptors (Lipinski definition) is 2. The van der Waals surface area contributed by atoms with Crippen molar-refractivity contribution in [3.8, 4) is 0 Å². The van der Waals surface area contributed by atoms with Crippen molar-refractivity contribution in [2.24, 2.45) is 0 Å². The minimum atomic E-state index is -0.119. The molecule has 0 atom stereocenters. The molecule has 0 aliphatic rings. The van der Waals surface area contributed by atoms with Gasteiger partial charge in [-0.3, -0.25) is 9.59 Å². The molecule has 2 heteroatoms. The van der Waals surface area contributed by atoms with Gasteiger partial charge in [-0.05, 0) is 25.3 Å². The van der Waals surface area contributed by atoms with Crippen LogP contribution in [0.15, 0.2) is 48.5 Å². The Balaban J connectivity index is 1.80. The summed E-state index contributed by atoms with van der Waals surface area (Å²) in [6.45, 7) is 4.21. The first kappa shape index (κ1) is 20.1. The minimum Gasteiger partial charge on any atom is -0.294 e. The van der Waals surface area contributed by atoms with Gasteiger partial charge in [-0.2, -0.15) is 0 Å². The number of hydrogen-bond donors (Lipinski definition) is 0. The summed E-state index contributed by atoms with van der Waals surface area (Å²) in [5, 5.41) is 0. The maximum atomic E-state index is 12.3. The van der Waals surface area contributed by atoms with Crippen LogP contribution in [0.4, 0.5) is 0 Å². The minimum absolute atomic E-state index is 0.0696. The zero-order valence-electron chi connectivity index (χ0n) is 16.1. The molecule has 0 spiro atoms. The molecule has 0 aliphatic heterocycles. The predicted octanol–water partition coefficient (Wildman–Crippen LogP) is 6.35. The number of aryl methyl sites for hydroxylation is 2. The van der Waals surface area contributed by atoms with Gasteiger partial charge in [0.25, 0.3) is 0 Å². The van der Waals surface area contributed by atoms with Gasteiger partial charge in [0.05, 0.1) is 6.42 Å². The van der Waals surface area contributed by atoms with E-state index in [-0.39, 0.29) is 18.0 Å². The van der Waals surface area contributed by atoms with Gasteiger partial charge in [-0.25, -0.2) is 0 Å². The molecule has 2 aromatic carbocycles. The highest BCUT2D eigenvalue weighted by atomic mass is 16.1. The largest absolute Gasteiger partial charge is 0.294 e. The van der Waals surface area contributed by atoms with Crippen molar-refractivity contribution in [3.05, 3.63) is 70.8 Å². The molecule has 0 aliphatic carbocycles. The van der Waals surface area contributed by atoms with Crippen LogP contribution in [0.3, 0.4) is 0 Å². The lowest BCUT2D eigenvalue weighted by Crippen LogP contribution is -2.08. The molecule has 0 aromatic heterocycles. The van der Waals surface area contributed by atoms with Crippen molar-refractivity contribution in [2.45, 2.75) is 65.2 Å². The molecule has 0 amide bonds. The van der Waals surface area contributed by atoms with E-state index in [1.807, 2.05) is 43.3 Å². The molecule has 0 N–H and O–H groups in total. The SMILES string of the molecule is CCCCCCCCc1ccc(C(=O)CC(=O)c2ccc(C)cc2)cc1. The van der Waals surface area contributed by atoms with Crippen molar-refractivity contribution in [1.29, 1.82) is 0 Å². The highest BCUT2D eigenvalue weighted by molar-refractivity contribution is 6.13. The van der Waals surface area contributed by atoms with Gasteiger partial charge in [0.2, 0.25) is 0 Å². The average Bonchev–Trinajstić information content (AvgIpc) is 2.65. The summed E-state index contributed by atoms with van der Waals surface area (Å²) in [4.78, 5) is 24.6. The molecule has 2 aromatic rings. The standard InChI is InChI=1S/C24H30O2/c1-3-4-5-6-7-8-9-20-12-16-22(17-13-20)24(26)18-23(25)21-14-10-19(2)11-15-21/h10-17H,3-9,18H2,1-2H3. The summed E-state index contributed by atoms with van der Waals surface area (Å²) in [5.41, 5.74) is 3.59. The van der Waals surface area contributed by atoms with E-state index in [9.17, 15) is 9.59 Å².